The molecule has 7 nitrogen and oxygen atoms in total. The molecule has 0 bridgehead atoms. The van der Waals surface area contributed by atoms with Crippen LogP contribution in [0.1, 0.15) is 73.3 Å². The number of amides is 1. The first kappa shape index (κ1) is 33.3. The van der Waals surface area contributed by atoms with Gasteiger partial charge in [-0.2, -0.15) is 0 Å². The number of carbonyl (C=O) groups is 3. The van der Waals surface area contributed by atoms with Crippen LogP contribution in [0, 0.1) is 17.3 Å². The molecule has 1 heterocycles. The number of unbranched alkanes of at least 4 members (excludes halogenated alkanes) is 1. The molecule has 0 aliphatic carbocycles. The van der Waals surface area contributed by atoms with Gasteiger partial charge in [-0.15, -0.1) is 0 Å². The van der Waals surface area contributed by atoms with Gasteiger partial charge in [0.05, 0.1) is 18.6 Å². The van der Waals surface area contributed by atoms with Crippen molar-refractivity contribution in [3.8, 4) is 11.8 Å². The van der Waals surface area contributed by atoms with Crippen LogP contribution in [0.5, 0.6) is 0 Å². The Hall–Kier alpha value is -2.85. The van der Waals surface area contributed by atoms with Crippen molar-refractivity contribution in [2.24, 2.45) is 5.41 Å². The van der Waals surface area contributed by atoms with Gasteiger partial charge in [0.1, 0.15) is 19.5 Å². The number of carbonyl (C=O) groups excluding carboxylic acids is 3. The van der Waals surface area contributed by atoms with Crippen molar-refractivity contribution >= 4 is 24.5 Å². The second-order valence-corrected chi connectivity index (χ2v) is 7.49. The summed E-state index contributed by atoms with van der Waals surface area (Å²) in [5.74, 6) is 5.68. The van der Waals surface area contributed by atoms with Gasteiger partial charge in [0.2, 0.25) is 0 Å². The first-order valence-corrected chi connectivity index (χ1v) is 11.5. The Labute approximate surface area is 206 Å². The molecule has 0 radical (unpaired) electrons. The molecular weight excluding hydrogens is 434 g/mol. The van der Waals surface area contributed by atoms with Crippen LogP contribution in [0.4, 0.5) is 10.5 Å². The lowest BCUT2D eigenvalue weighted by Crippen LogP contribution is -2.35. The van der Waals surface area contributed by atoms with Gasteiger partial charge < -0.3 is 19.0 Å². The van der Waals surface area contributed by atoms with Crippen LogP contribution >= 0.6 is 0 Å². The van der Waals surface area contributed by atoms with E-state index >= 15 is 0 Å². The van der Waals surface area contributed by atoms with E-state index in [9.17, 15) is 9.59 Å². The molecule has 1 aromatic carbocycles. The van der Waals surface area contributed by atoms with E-state index < -0.39 is 11.5 Å². The number of methoxy groups -OCH3 is 1. The lowest BCUT2D eigenvalue weighted by atomic mass is 9.79. The highest BCUT2D eigenvalue weighted by molar-refractivity contribution is 5.90. The number of hydrogen-bond acceptors (Lipinski definition) is 6. The third kappa shape index (κ3) is 10.4. The number of esters is 1. The molecule has 2 rings (SSSR count). The van der Waals surface area contributed by atoms with Gasteiger partial charge in [-0.05, 0) is 44.5 Å². The highest BCUT2D eigenvalue weighted by Crippen LogP contribution is 2.35. The zero-order valence-corrected chi connectivity index (χ0v) is 20.9. The maximum atomic E-state index is 12.5. The number of hydrogen-bond donors (Lipinski definition) is 0. The fourth-order valence-corrected chi connectivity index (χ4v) is 3.44. The second kappa shape index (κ2) is 18.6. The standard InChI is InChI=1S/C23H31NO5.C2H6.CH2O.CH4/c1-5-7-14-23(3,21(25)28-6-2)16-20-17-24(22(26)29-20)19-12-10-18(11-13-19)9-8-15-27-4;2*1-2;/h10-13,20H,5-7,14-17H2,1-4H3;1-2H3;1H2;1H4. The van der Waals surface area contributed by atoms with E-state index in [4.69, 9.17) is 19.0 Å². The Kier molecular flexibility index (Phi) is 18.2. The minimum absolute atomic E-state index is 0. The molecule has 1 saturated heterocycles. The number of ether oxygens (including phenoxy) is 3. The third-order valence-corrected chi connectivity index (χ3v) is 5.03. The van der Waals surface area contributed by atoms with Crippen molar-refractivity contribution in [3.05, 3.63) is 29.8 Å². The van der Waals surface area contributed by atoms with Crippen LogP contribution < -0.4 is 4.90 Å². The van der Waals surface area contributed by atoms with E-state index in [0.717, 1.165) is 24.1 Å². The SMILES string of the molecule is C.C=O.CC.CCCCC(C)(CC1CN(c2ccc(C#CCOC)cc2)C(=O)O1)C(=O)OCC. The average molecular weight is 478 g/mol. The molecule has 7 heteroatoms. The van der Waals surface area contributed by atoms with E-state index in [1.807, 2.05) is 51.8 Å². The molecule has 1 aromatic rings. The van der Waals surface area contributed by atoms with Gasteiger partial charge in [0, 0.05) is 24.8 Å². The number of benzene rings is 1. The summed E-state index contributed by atoms with van der Waals surface area (Å²) in [4.78, 5) is 34.6. The van der Waals surface area contributed by atoms with E-state index in [2.05, 4.69) is 18.8 Å². The average Bonchev–Trinajstić information content (AvgIpc) is 3.20. The van der Waals surface area contributed by atoms with E-state index in [1.165, 1.54) is 0 Å². The summed E-state index contributed by atoms with van der Waals surface area (Å²) in [5, 5.41) is 0. The smallest absolute Gasteiger partial charge is 0.414 e. The third-order valence-electron chi connectivity index (χ3n) is 5.03. The van der Waals surface area contributed by atoms with Crippen molar-refractivity contribution in [1.82, 2.24) is 0 Å². The van der Waals surface area contributed by atoms with Gasteiger partial charge in [0.25, 0.3) is 0 Å². The Morgan fingerprint density at radius 2 is 1.85 bits per heavy atom. The topological polar surface area (TPSA) is 82.1 Å². The first-order valence-electron chi connectivity index (χ1n) is 11.5. The van der Waals surface area contributed by atoms with Crippen molar-refractivity contribution in [2.75, 3.05) is 31.8 Å². The summed E-state index contributed by atoms with van der Waals surface area (Å²) in [6.45, 7) is 12.9. The number of nitrogens with zero attached hydrogens (tertiary/aromatic N) is 1. The van der Waals surface area contributed by atoms with Gasteiger partial charge in [0.15, 0.2) is 0 Å². The highest BCUT2D eigenvalue weighted by Gasteiger charge is 2.42. The first-order chi connectivity index (χ1) is 15.9. The molecule has 1 aliphatic heterocycles. The fourth-order valence-electron chi connectivity index (χ4n) is 3.44. The number of anilines is 1. The van der Waals surface area contributed by atoms with E-state index in [1.54, 1.807) is 18.9 Å². The second-order valence-electron chi connectivity index (χ2n) is 7.49. The number of cyclic esters (lactones) is 1. The molecule has 1 aliphatic rings. The van der Waals surface area contributed by atoms with E-state index in [-0.39, 0.29) is 19.5 Å². The maximum Gasteiger partial charge on any atom is 0.414 e. The fraction of sp³-hybridized carbons (Fsp3) is 0.593. The van der Waals surface area contributed by atoms with Crippen molar-refractivity contribution in [1.29, 1.82) is 0 Å². The summed E-state index contributed by atoms with van der Waals surface area (Å²) >= 11 is 0. The zero-order chi connectivity index (χ0) is 25.3. The Balaban J connectivity index is 0. The molecule has 0 aromatic heterocycles. The predicted molar refractivity (Wildman–Crippen MR) is 137 cm³/mol. The van der Waals surface area contributed by atoms with Crippen LogP contribution in [0.2, 0.25) is 0 Å². The molecule has 192 valence electrons. The minimum atomic E-state index is -0.659. The molecule has 2 atom stereocenters. The van der Waals surface area contributed by atoms with Crippen LogP contribution in [0.15, 0.2) is 24.3 Å². The van der Waals surface area contributed by atoms with Gasteiger partial charge in [-0.25, -0.2) is 4.79 Å². The van der Waals surface area contributed by atoms with Gasteiger partial charge in [-0.3, -0.25) is 9.69 Å². The normalized spacial score (nSPS) is 15.5. The monoisotopic (exact) mass is 477 g/mol. The zero-order valence-electron chi connectivity index (χ0n) is 20.9. The van der Waals surface area contributed by atoms with Crippen LogP contribution in [-0.4, -0.2) is 51.8 Å². The van der Waals surface area contributed by atoms with Crippen LogP contribution in [0.3, 0.4) is 0 Å². The van der Waals surface area contributed by atoms with Crippen molar-refractivity contribution < 1.29 is 28.6 Å². The number of rotatable bonds is 9. The highest BCUT2D eigenvalue weighted by atomic mass is 16.6. The quantitative estimate of drug-likeness (QED) is 0.338. The molecule has 2 unspecified atom stereocenters. The molecule has 0 saturated carbocycles. The summed E-state index contributed by atoms with van der Waals surface area (Å²) in [6.07, 6.45) is 2.33. The Morgan fingerprint density at radius 3 is 2.38 bits per heavy atom. The molecular formula is C27H43NO6. The maximum absolute atomic E-state index is 12.5. The van der Waals surface area contributed by atoms with Crippen LogP contribution in [0.25, 0.3) is 0 Å². The molecule has 34 heavy (non-hydrogen) atoms. The lowest BCUT2D eigenvalue weighted by molar-refractivity contribution is -0.156. The van der Waals surface area contributed by atoms with Gasteiger partial charge in [-0.1, -0.05) is 52.9 Å². The van der Waals surface area contributed by atoms with E-state index in [0.29, 0.717) is 32.6 Å². The largest absolute Gasteiger partial charge is 0.466 e. The Morgan fingerprint density at radius 1 is 1.24 bits per heavy atom. The van der Waals surface area contributed by atoms with Crippen LogP contribution in [-0.2, 0) is 23.8 Å². The predicted octanol–water partition coefficient (Wildman–Crippen LogP) is 5.64. The summed E-state index contributed by atoms with van der Waals surface area (Å²) < 4.78 is 15.8. The minimum Gasteiger partial charge on any atom is -0.466 e. The molecule has 1 amide bonds. The molecule has 0 spiro atoms. The summed E-state index contributed by atoms with van der Waals surface area (Å²) in [6, 6.07) is 7.43. The lowest BCUT2D eigenvalue weighted by Gasteiger charge is -2.29. The molecule has 0 N–H and O–H groups in total. The summed E-state index contributed by atoms with van der Waals surface area (Å²) in [5.41, 5.74) is 0.943. The molecule has 1 fully saturated rings. The van der Waals surface area contributed by atoms with Crippen molar-refractivity contribution in [2.45, 2.75) is 73.8 Å². The Bertz CT molecular complexity index is 768. The van der Waals surface area contributed by atoms with Gasteiger partial charge >= 0.3 is 12.1 Å². The van der Waals surface area contributed by atoms with Crippen molar-refractivity contribution in [3.63, 3.8) is 0 Å². The summed E-state index contributed by atoms with van der Waals surface area (Å²) in [7, 11) is 1.60.